The third-order valence-electron chi connectivity index (χ3n) is 4.11. The van der Waals surface area contributed by atoms with Crippen LogP contribution in [0.4, 0.5) is 5.69 Å². The lowest BCUT2D eigenvalue weighted by molar-refractivity contribution is 0.476. The first-order valence-electron chi connectivity index (χ1n) is 8.44. The highest BCUT2D eigenvalue weighted by atomic mass is 35.5. The van der Waals surface area contributed by atoms with Crippen molar-refractivity contribution < 1.29 is 5.11 Å². The number of benzene rings is 3. The summed E-state index contributed by atoms with van der Waals surface area (Å²) >= 11 is 20.3. The zero-order chi connectivity index (χ0) is 19.4. The molecule has 0 bridgehead atoms. The summed E-state index contributed by atoms with van der Waals surface area (Å²) in [5.74, 6) is 0.0258. The number of nitrogens with one attached hydrogen (secondary N) is 1. The minimum atomic E-state index is 0.0258. The summed E-state index contributed by atoms with van der Waals surface area (Å²) in [6.07, 6.45) is 0.657. The summed E-state index contributed by atoms with van der Waals surface area (Å²) in [6.45, 7) is 2.47. The molecule has 0 heterocycles. The fraction of sp³-hybridized carbons (Fsp3) is 0.143. The fourth-order valence-corrected chi connectivity index (χ4v) is 4.69. The molecule has 0 amide bonds. The van der Waals surface area contributed by atoms with Crippen LogP contribution in [0, 0.1) is 0 Å². The van der Waals surface area contributed by atoms with Gasteiger partial charge in [-0.05, 0) is 47.9 Å². The monoisotopic (exact) mass is 437 g/mol. The van der Waals surface area contributed by atoms with Crippen LogP contribution in [-0.4, -0.2) is 5.11 Å². The van der Waals surface area contributed by atoms with Gasteiger partial charge in [-0.25, -0.2) is 0 Å². The molecule has 2 N–H and O–H groups in total. The van der Waals surface area contributed by atoms with Gasteiger partial charge in [0.05, 0.1) is 10.7 Å². The van der Waals surface area contributed by atoms with Crippen molar-refractivity contribution in [2.24, 2.45) is 0 Å². The first-order valence-corrected chi connectivity index (χ1v) is 10.4. The molecular formula is C21H18Cl3NOS. The molecule has 0 aliphatic heterocycles. The smallest absolute Gasteiger partial charge is 0.157 e. The van der Waals surface area contributed by atoms with Crippen LogP contribution in [0.3, 0.4) is 0 Å². The summed E-state index contributed by atoms with van der Waals surface area (Å²) in [4.78, 5) is 2.17. The summed E-state index contributed by atoms with van der Waals surface area (Å²) in [6, 6.07) is 17.5. The van der Waals surface area contributed by atoms with Crippen molar-refractivity contribution in [3.05, 3.63) is 80.8 Å². The van der Waals surface area contributed by atoms with Crippen LogP contribution in [0.2, 0.25) is 15.1 Å². The van der Waals surface area contributed by atoms with E-state index in [1.165, 1.54) is 0 Å². The Morgan fingerprint density at radius 3 is 2.52 bits per heavy atom. The molecule has 3 aromatic carbocycles. The minimum absolute atomic E-state index is 0.0258. The number of hydrogen-bond donors (Lipinski definition) is 2. The van der Waals surface area contributed by atoms with Crippen LogP contribution >= 0.6 is 46.6 Å². The van der Waals surface area contributed by atoms with Crippen molar-refractivity contribution in [3.8, 4) is 5.75 Å². The average molecular weight is 439 g/mol. The van der Waals surface area contributed by atoms with Gasteiger partial charge in [0.15, 0.2) is 5.75 Å². The summed E-state index contributed by atoms with van der Waals surface area (Å²) in [7, 11) is 0. The number of anilines is 1. The molecular weight excluding hydrogens is 421 g/mol. The molecule has 27 heavy (non-hydrogen) atoms. The van der Waals surface area contributed by atoms with Gasteiger partial charge in [-0.3, -0.25) is 0 Å². The largest absolute Gasteiger partial charge is 0.504 e. The molecule has 0 radical (unpaired) electrons. The lowest BCUT2D eigenvalue weighted by Crippen LogP contribution is -2.02. The maximum atomic E-state index is 10.4. The van der Waals surface area contributed by atoms with E-state index in [9.17, 15) is 5.11 Å². The highest BCUT2D eigenvalue weighted by molar-refractivity contribution is 7.99. The number of aromatic hydroxyl groups is 1. The standard InChI is InChI=1S/C21H18Cl3NOS/c1-2-16-17(23)11-18(21(26)20(16)24)25-12-13-6-3-4-9-19(13)27-15-8-5-7-14(22)10-15/h3-11,25-26H,2,12H2,1H3. The molecule has 0 aliphatic carbocycles. The fourth-order valence-electron chi connectivity index (χ4n) is 2.70. The highest BCUT2D eigenvalue weighted by Crippen LogP contribution is 2.40. The maximum absolute atomic E-state index is 10.4. The van der Waals surface area contributed by atoms with Crippen molar-refractivity contribution in [3.63, 3.8) is 0 Å². The number of halogens is 3. The second-order valence-corrected chi connectivity index (χ2v) is 8.26. The Hall–Kier alpha value is -1.52. The third kappa shape index (κ3) is 4.85. The van der Waals surface area contributed by atoms with E-state index >= 15 is 0 Å². The Kier molecular flexibility index (Phi) is 6.83. The summed E-state index contributed by atoms with van der Waals surface area (Å²) in [5.41, 5.74) is 2.36. The summed E-state index contributed by atoms with van der Waals surface area (Å²) in [5, 5.41) is 15.2. The quantitative estimate of drug-likeness (QED) is 0.387. The van der Waals surface area contributed by atoms with Gasteiger partial charge in [-0.15, -0.1) is 0 Å². The normalized spacial score (nSPS) is 10.8. The molecule has 0 atom stereocenters. The van der Waals surface area contributed by atoms with E-state index in [1.807, 2.05) is 49.4 Å². The zero-order valence-corrected chi connectivity index (χ0v) is 17.7. The molecule has 2 nitrogen and oxygen atoms in total. The zero-order valence-electron chi connectivity index (χ0n) is 14.6. The molecule has 140 valence electrons. The van der Waals surface area contributed by atoms with Gasteiger partial charge >= 0.3 is 0 Å². The lowest BCUT2D eigenvalue weighted by atomic mass is 10.1. The molecule has 0 aromatic heterocycles. The van der Waals surface area contributed by atoms with E-state index in [0.717, 1.165) is 20.9 Å². The number of phenols is 1. The molecule has 6 heteroatoms. The number of phenolic OH excluding ortho intramolecular Hbond substituents is 1. The van der Waals surface area contributed by atoms with Crippen LogP contribution in [-0.2, 0) is 13.0 Å². The van der Waals surface area contributed by atoms with E-state index in [0.29, 0.717) is 33.7 Å². The van der Waals surface area contributed by atoms with Crippen molar-refractivity contribution in [2.45, 2.75) is 29.7 Å². The van der Waals surface area contributed by atoms with Crippen molar-refractivity contribution in [1.29, 1.82) is 0 Å². The minimum Gasteiger partial charge on any atom is -0.504 e. The van der Waals surface area contributed by atoms with Crippen LogP contribution in [0.15, 0.2) is 64.4 Å². The first kappa shape index (κ1) is 20.2. The predicted molar refractivity (Wildman–Crippen MR) is 117 cm³/mol. The van der Waals surface area contributed by atoms with Gasteiger partial charge in [0.25, 0.3) is 0 Å². The van der Waals surface area contributed by atoms with E-state index in [1.54, 1.807) is 17.8 Å². The molecule has 0 fully saturated rings. The highest BCUT2D eigenvalue weighted by Gasteiger charge is 2.14. The molecule has 0 unspecified atom stereocenters. The van der Waals surface area contributed by atoms with Crippen LogP contribution in [0.1, 0.15) is 18.1 Å². The number of rotatable bonds is 6. The first-order chi connectivity index (χ1) is 13.0. The Labute approximate surface area is 178 Å². The van der Waals surface area contributed by atoms with Crippen LogP contribution in [0.5, 0.6) is 5.75 Å². The van der Waals surface area contributed by atoms with Gasteiger partial charge < -0.3 is 10.4 Å². The predicted octanol–water partition coefficient (Wildman–Crippen LogP) is 7.68. The van der Waals surface area contributed by atoms with Gasteiger partial charge in [0.1, 0.15) is 0 Å². The SMILES string of the molecule is CCc1c(Cl)cc(NCc2ccccc2Sc2cccc(Cl)c2)c(O)c1Cl. The average Bonchev–Trinajstić information content (AvgIpc) is 2.65. The molecule has 0 saturated carbocycles. The lowest BCUT2D eigenvalue weighted by Gasteiger charge is -2.15. The molecule has 0 saturated heterocycles. The second kappa shape index (κ2) is 9.11. The molecule has 3 aromatic rings. The van der Waals surface area contributed by atoms with Crippen LogP contribution in [0.25, 0.3) is 0 Å². The third-order valence-corrected chi connectivity index (χ3v) is 6.19. The number of hydrogen-bond acceptors (Lipinski definition) is 3. The van der Waals surface area contributed by atoms with E-state index in [-0.39, 0.29) is 5.75 Å². The van der Waals surface area contributed by atoms with E-state index < -0.39 is 0 Å². The van der Waals surface area contributed by atoms with Crippen LogP contribution < -0.4 is 5.32 Å². The van der Waals surface area contributed by atoms with Gasteiger partial charge in [-0.1, -0.05) is 77.8 Å². The summed E-state index contributed by atoms with van der Waals surface area (Å²) < 4.78 is 0. The Bertz CT molecular complexity index is 962. The molecule has 0 spiro atoms. The Balaban J connectivity index is 1.81. The molecule has 3 rings (SSSR count). The Morgan fingerprint density at radius 2 is 1.78 bits per heavy atom. The topological polar surface area (TPSA) is 32.3 Å². The molecule has 0 aliphatic rings. The Morgan fingerprint density at radius 1 is 1.00 bits per heavy atom. The van der Waals surface area contributed by atoms with Gasteiger partial charge in [0.2, 0.25) is 0 Å². The van der Waals surface area contributed by atoms with Crippen molar-refractivity contribution in [1.82, 2.24) is 0 Å². The second-order valence-electron chi connectivity index (χ2n) is 5.92. The van der Waals surface area contributed by atoms with Crippen molar-refractivity contribution in [2.75, 3.05) is 5.32 Å². The van der Waals surface area contributed by atoms with E-state index in [4.69, 9.17) is 34.8 Å². The maximum Gasteiger partial charge on any atom is 0.157 e. The van der Waals surface area contributed by atoms with Crippen molar-refractivity contribution >= 4 is 52.3 Å². The van der Waals surface area contributed by atoms with E-state index in [2.05, 4.69) is 11.4 Å². The van der Waals surface area contributed by atoms with Gasteiger partial charge in [0, 0.05) is 26.4 Å². The van der Waals surface area contributed by atoms with Gasteiger partial charge in [-0.2, -0.15) is 0 Å².